The fourth-order valence-corrected chi connectivity index (χ4v) is 1.87. The highest BCUT2D eigenvalue weighted by Crippen LogP contribution is 2.16. The van der Waals surface area contributed by atoms with Gasteiger partial charge in [-0.2, -0.15) is 0 Å². The number of hydrogen-bond donors (Lipinski definition) is 1. The largest absolute Gasteiger partial charge is 0.494 e. The molecule has 0 saturated carbocycles. The molecule has 0 fully saturated rings. The standard InChI is InChI=1S/C14H13BrN2O2/c1-2-19-11-8-6-10(7-9-11)16-14(18)12-4-3-5-13(15)17-12/h3-9H,2H2,1H3,(H,16,18). The second kappa shape index (κ2) is 6.33. The van der Waals surface area contributed by atoms with Crippen molar-refractivity contribution in [3.05, 3.63) is 52.8 Å². The Balaban J connectivity index is 2.06. The molecule has 98 valence electrons. The van der Waals surface area contributed by atoms with Crippen LogP contribution >= 0.6 is 15.9 Å². The van der Waals surface area contributed by atoms with Gasteiger partial charge in [-0.25, -0.2) is 4.98 Å². The summed E-state index contributed by atoms with van der Waals surface area (Å²) in [7, 11) is 0. The predicted octanol–water partition coefficient (Wildman–Crippen LogP) is 3.50. The van der Waals surface area contributed by atoms with Crippen LogP contribution in [-0.2, 0) is 0 Å². The number of rotatable bonds is 4. The molecule has 1 heterocycles. The number of anilines is 1. The zero-order valence-corrected chi connectivity index (χ0v) is 12.0. The van der Waals surface area contributed by atoms with Gasteiger partial charge in [-0.15, -0.1) is 0 Å². The van der Waals surface area contributed by atoms with Crippen molar-refractivity contribution in [3.63, 3.8) is 0 Å². The Hall–Kier alpha value is -1.88. The summed E-state index contributed by atoms with van der Waals surface area (Å²) in [4.78, 5) is 16.0. The molecule has 0 bridgehead atoms. The first kappa shape index (κ1) is 13.5. The molecule has 19 heavy (non-hydrogen) atoms. The van der Waals surface area contributed by atoms with E-state index in [2.05, 4.69) is 26.2 Å². The van der Waals surface area contributed by atoms with Gasteiger partial charge in [0.25, 0.3) is 5.91 Å². The summed E-state index contributed by atoms with van der Waals surface area (Å²) in [6.07, 6.45) is 0. The molecule has 0 radical (unpaired) electrons. The van der Waals surface area contributed by atoms with E-state index in [1.165, 1.54) is 0 Å². The van der Waals surface area contributed by atoms with E-state index in [0.29, 0.717) is 22.6 Å². The van der Waals surface area contributed by atoms with Crippen LogP contribution in [-0.4, -0.2) is 17.5 Å². The van der Waals surface area contributed by atoms with E-state index in [4.69, 9.17) is 4.74 Å². The number of carbonyl (C=O) groups excluding carboxylic acids is 1. The summed E-state index contributed by atoms with van der Waals surface area (Å²) in [5, 5.41) is 2.78. The van der Waals surface area contributed by atoms with Gasteiger partial charge in [0.2, 0.25) is 0 Å². The lowest BCUT2D eigenvalue weighted by Crippen LogP contribution is -2.13. The first-order valence-electron chi connectivity index (χ1n) is 5.86. The van der Waals surface area contributed by atoms with Crippen LogP contribution in [0.25, 0.3) is 0 Å². The molecule has 0 aliphatic carbocycles. The number of nitrogens with one attached hydrogen (secondary N) is 1. The Morgan fingerprint density at radius 3 is 2.63 bits per heavy atom. The second-order valence-electron chi connectivity index (χ2n) is 3.76. The topological polar surface area (TPSA) is 51.2 Å². The van der Waals surface area contributed by atoms with E-state index in [0.717, 1.165) is 5.75 Å². The molecule has 1 aromatic heterocycles. The average Bonchev–Trinajstić information content (AvgIpc) is 2.41. The summed E-state index contributed by atoms with van der Waals surface area (Å²) in [6, 6.07) is 12.4. The van der Waals surface area contributed by atoms with Crippen LogP contribution in [0.3, 0.4) is 0 Å². The molecular formula is C14H13BrN2O2. The Labute approximate surface area is 119 Å². The van der Waals surface area contributed by atoms with E-state index in [1.54, 1.807) is 30.3 Å². The Morgan fingerprint density at radius 1 is 1.26 bits per heavy atom. The number of halogens is 1. The van der Waals surface area contributed by atoms with Crippen LogP contribution in [0.5, 0.6) is 5.75 Å². The summed E-state index contributed by atoms with van der Waals surface area (Å²) < 4.78 is 5.97. The fourth-order valence-electron chi connectivity index (χ4n) is 1.53. The maximum absolute atomic E-state index is 12.0. The maximum atomic E-state index is 12.0. The van der Waals surface area contributed by atoms with Crippen LogP contribution in [0.1, 0.15) is 17.4 Å². The molecule has 0 atom stereocenters. The molecule has 1 aromatic carbocycles. The van der Waals surface area contributed by atoms with Crippen LogP contribution in [0.4, 0.5) is 5.69 Å². The third-order valence-electron chi connectivity index (χ3n) is 2.37. The molecule has 0 spiro atoms. The lowest BCUT2D eigenvalue weighted by molar-refractivity contribution is 0.102. The first-order chi connectivity index (χ1) is 9.19. The Bertz CT molecular complexity index is 570. The smallest absolute Gasteiger partial charge is 0.274 e. The second-order valence-corrected chi connectivity index (χ2v) is 4.57. The number of carbonyl (C=O) groups is 1. The van der Waals surface area contributed by atoms with E-state index in [1.807, 2.05) is 19.1 Å². The lowest BCUT2D eigenvalue weighted by Gasteiger charge is -2.06. The van der Waals surface area contributed by atoms with Gasteiger partial charge in [0.05, 0.1) is 6.61 Å². The van der Waals surface area contributed by atoms with Gasteiger partial charge in [0.1, 0.15) is 16.0 Å². The van der Waals surface area contributed by atoms with Crippen molar-refractivity contribution in [2.75, 3.05) is 11.9 Å². The molecule has 2 rings (SSSR count). The van der Waals surface area contributed by atoms with Gasteiger partial charge in [0, 0.05) is 5.69 Å². The van der Waals surface area contributed by atoms with Gasteiger partial charge in [-0.05, 0) is 59.3 Å². The molecule has 4 nitrogen and oxygen atoms in total. The minimum atomic E-state index is -0.245. The molecule has 1 amide bonds. The van der Waals surface area contributed by atoms with Gasteiger partial charge in [0.15, 0.2) is 0 Å². The summed E-state index contributed by atoms with van der Waals surface area (Å²) in [6.45, 7) is 2.54. The van der Waals surface area contributed by atoms with Crippen molar-refractivity contribution in [1.82, 2.24) is 4.98 Å². The van der Waals surface area contributed by atoms with Crippen LogP contribution < -0.4 is 10.1 Å². The summed E-state index contributed by atoms with van der Waals surface area (Å²) in [5.74, 6) is 0.534. The Morgan fingerprint density at radius 2 is 2.00 bits per heavy atom. The molecule has 0 aliphatic heterocycles. The number of amides is 1. The van der Waals surface area contributed by atoms with Gasteiger partial charge in [-0.3, -0.25) is 4.79 Å². The number of ether oxygens (including phenoxy) is 1. The summed E-state index contributed by atoms with van der Waals surface area (Å²) in [5.41, 5.74) is 1.07. The maximum Gasteiger partial charge on any atom is 0.274 e. The fraction of sp³-hybridized carbons (Fsp3) is 0.143. The van der Waals surface area contributed by atoms with Crippen LogP contribution in [0.15, 0.2) is 47.1 Å². The first-order valence-corrected chi connectivity index (χ1v) is 6.65. The normalized spacial score (nSPS) is 10.0. The van der Waals surface area contributed by atoms with Gasteiger partial charge < -0.3 is 10.1 Å². The predicted molar refractivity (Wildman–Crippen MR) is 77.5 cm³/mol. The van der Waals surface area contributed by atoms with Gasteiger partial charge >= 0.3 is 0 Å². The van der Waals surface area contributed by atoms with Crippen molar-refractivity contribution >= 4 is 27.5 Å². The molecular weight excluding hydrogens is 308 g/mol. The van der Waals surface area contributed by atoms with E-state index < -0.39 is 0 Å². The van der Waals surface area contributed by atoms with Gasteiger partial charge in [-0.1, -0.05) is 6.07 Å². The zero-order valence-electron chi connectivity index (χ0n) is 10.4. The highest BCUT2D eigenvalue weighted by Gasteiger charge is 2.07. The Kier molecular flexibility index (Phi) is 4.52. The number of aromatic nitrogens is 1. The molecule has 5 heteroatoms. The van der Waals surface area contributed by atoms with Crippen LogP contribution in [0, 0.1) is 0 Å². The zero-order chi connectivity index (χ0) is 13.7. The number of pyridine rings is 1. The molecule has 0 unspecified atom stereocenters. The minimum absolute atomic E-state index is 0.245. The minimum Gasteiger partial charge on any atom is -0.494 e. The molecule has 2 aromatic rings. The quantitative estimate of drug-likeness (QED) is 0.877. The number of nitrogens with zero attached hydrogens (tertiary/aromatic N) is 1. The highest BCUT2D eigenvalue weighted by atomic mass is 79.9. The molecule has 0 saturated heterocycles. The average molecular weight is 321 g/mol. The van der Waals surface area contributed by atoms with Crippen LogP contribution in [0.2, 0.25) is 0 Å². The third kappa shape index (κ3) is 3.79. The van der Waals surface area contributed by atoms with Crippen molar-refractivity contribution in [2.45, 2.75) is 6.92 Å². The van der Waals surface area contributed by atoms with Crippen molar-refractivity contribution in [3.8, 4) is 5.75 Å². The van der Waals surface area contributed by atoms with E-state index >= 15 is 0 Å². The van der Waals surface area contributed by atoms with Crippen molar-refractivity contribution in [1.29, 1.82) is 0 Å². The molecule has 0 aliphatic rings. The third-order valence-corrected chi connectivity index (χ3v) is 2.81. The summed E-state index contributed by atoms with van der Waals surface area (Å²) >= 11 is 3.24. The monoisotopic (exact) mass is 320 g/mol. The molecule has 1 N–H and O–H groups in total. The SMILES string of the molecule is CCOc1ccc(NC(=O)c2cccc(Br)n2)cc1. The number of hydrogen-bond acceptors (Lipinski definition) is 3. The lowest BCUT2D eigenvalue weighted by atomic mass is 10.3. The van der Waals surface area contributed by atoms with Crippen molar-refractivity contribution < 1.29 is 9.53 Å². The number of benzene rings is 1. The van der Waals surface area contributed by atoms with E-state index in [9.17, 15) is 4.79 Å². The highest BCUT2D eigenvalue weighted by molar-refractivity contribution is 9.10. The van der Waals surface area contributed by atoms with Crippen molar-refractivity contribution in [2.24, 2.45) is 0 Å². The van der Waals surface area contributed by atoms with E-state index in [-0.39, 0.29) is 5.91 Å².